The predicted molar refractivity (Wildman–Crippen MR) is 103 cm³/mol. The predicted octanol–water partition coefficient (Wildman–Crippen LogP) is 4.22. The summed E-state index contributed by atoms with van der Waals surface area (Å²) in [7, 11) is 0. The number of rotatable bonds is 0. The second-order valence-corrected chi connectivity index (χ2v) is 9.61. The first kappa shape index (κ1) is 19.4. The molecule has 0 amide bonds. The monoisotopic (exact) mass is 386 g/mol. The number of allylic oxidation sites excluding steroid dienone is 4. The summed E-state index contributed by atoms with van der Waals surface area (Å²) in [6, 6.07) is 0. The number of carbonyl (C=O) groups is 3. The highest BCUT2D eigenvalue weighted by atomic mass is 16.6. The smallest absolute Gasteiger partial charge is 0.306 e. The summed E-state index contributed by atoms with van der Waals surface area (Å²) in [5, 5.41) is 6.89. The molecule has 0 aromatic rings. The standard InChI is InChI=1S/C22H28O3.CH2O2/c1-20-9-5-15(23)13-14(20)3-4-16-17(20)6-10-21(2)18(16)7-11-22(21)12-8-19(24)25-22;2-1-3/h6,13,16,18H,3-5,7-12H2,1-2H3;1H,(H,2,3)/t16?,18?,20?,21?,22-;/m1./s1. The number of hydrogen-bond acceptors (Lipinski definition) is 4. The van der Waals surface area contributed by atoms with Crippen molar-refractivity contribution in [2.75, 3.05) is 0 Å². The highest BCUT2D eigenvalue weighted by Gasteiger charge is 2.65. The van der Waals surface area contributed by atoms with Crippen LogP contribution in [0, 0.1) is 22.7 Å². The minimum Gasteiger partial charge on any atom is -0.483 e. The van der Waals surface area contributed by atoms with E-state index in [9.17, 15) is 9.59 Å². The molecule has 28 heavy (non-hydrogen) atoms. The first-order valence-electron chi connectivity index (χ1n) is 10.5. The van der Waals surface area contributed by atoms with Crippen molar-refractivity contribution >= 4 is 18.2 Å². The number of carbonyl (C=O) groups excluding carboxylic acids is 2. The van der Waals surface area contributed by atoms with Crippen LogP contribution in [0.15, 0.2) is 23.3 Å². The fraction of sp³-hybridized carbons (Fsp3) is 0.696. The van der Waals surface area contributed by atoms with E-state index >= 15 is 0 Å². The van der Waals surface area contributed by atoms with Gasteiger partial charge in [-0.1, -0.05) is 31.1 Å². The van der Waals surface area contributed by atoms with E-state index in [4.69, 9.17) is 14.6 Å². The third-order valence-electron chi connectivity index (χ3n) is 8.67. The molecule has 0 aromatic heterocycles. The van der Waals surface area contributed by atoms with Crippen LogP contribution in [-0.2, 0) is 19.1 Å². The second-order valence-electron chi connectivity index (χ2n) is 9.61. The van der Waals surface area contributed by atoms with Gasteiger partial charge < -0.3 is 9.84 Å². The Kier molecular flexibility index (Phi) is 4.55. The Morgan fingerprint density at radius 3 is 2.54 bits per heavy atom. The number of ketones is 1. The molecule has 1 spiro atoms. The summed E-state index contributed by atoms with van der Waals surface area (Å²) in [5.74, 6) is 1.54. The molecule has 0 radical (unpaired) electrons. The lowest BCUT2D eigenvalue weighted by Crippen LogP contribution is -2.50. The van der Waals surface area contributed by atoms with Crippen molar-refractivity contribution < 1.29 is 24.2 Å². The van der Waals surface area contributed by atoms with E-state index in [0.717, 1.165) is 38.5 Å². The maximum atomic E-state index is 11.9. The van der Waals surface area contributed by atoms with Crippen molar-refractivity contribution in [1.82, 2.24) is 0 Å². The molecule has 5 heteroatoms. The van der Waals surface area contributed by atoms with E-state index in [1.807, 2.05) is 6.08 Å². The second kappa shape index (κ2) is 6.57. The Bertz CT molecular complexity index is 780. The van der Waals surface area contributed by atoms with Crippen molar-refractivity contribution in [2.45, 2.75) is 77.2 Å². The Labute approximate surface area is 166 Å². The van der Waals surface area contributed by atoms with E-state index in [0.29, 0.717) is 30.5 Å². The molecule has 5 rings (SSSR count). The number of esters is 1. The van der Waals surface area contributed by atoms with E-state index in [2.05, 4.69) is 19.9 Å². The van der Waals surface area contributed by atoms with Crippen molar-refractivity contribution in [2.24, 2.45) is 22.7 Å². The van der Waals surface area contributed by atoms with Crippen LogP contribution in [0.2, 0.25) is 0 Å². The highest BCUT2D eigenvalue weighted by molar-refractivity contribution is 5.92. The van der Waals surface area contributed by atoms with Gasteiger partial charge in [-0.25, -0.2) is 0 Å². The van der Waals surface area contributed by atoms with Gasteiger partial charge in [0.2, 0.25) is 0 Å². The molecule has 3 fully saturated rings. The number of hydrogen-bond donors (Lipinski definition) is 1. The molecule has 1 heterocycles. The van der Waals surface area contributed by atoms with Gasteiger partial charge in [-0.2, -0.15) is 0 Å². The van der Waals surface area contributed by atoms with Gasteiger partial charge in [-0.05, 0) is 62.9 Å². The first-order chi connectivity index (χ1) is 13.3. The lowest BCUT2D eigenvalue weighted by Gasteiger charge is -2.54. The van der Waals surface area contributed by atoms with E-state index in [1.165, 1.54) is 12.0 Å². The topological polar surface area (TPSA) is 80.7 Å². The van der Waals surface area contributed by atoms with Crippen LogP contribution < -0.4 is 0 Å². The lowest BCUT2D eigenvalue weighted by molar-refractivity contribution is -0.160. The zero-order chi connectivity index (χ0) is 20.2. The highest BCUT2D eigenvalue weighted by Crippen LogP contribution is 2.67. The molecule has 2 saturated carbocycles. The van der Waals surface area contributed by atoms with Gasteiger partial charge >= 0.3 is 5.97 Å². The van der Waals surface area contributed by atoms with Crippen molar-refractivity contribution in [3.05, 3.63) is 23.3 Å². The molecule has 1 N–H and O–H groups in total. The molecule has 5 atom stereocenters. The molecule has 4 unspecified atom stereocenters. The zero-order valence-electron chi connectivity index (χ0n) is 16.8. The van der Waals surface area contributed by atoms with Crippen LogP contribution in [-0.4, -0.2) is 28.9 Å². The molecule has 5 aliphatic rings. The number of fused-ring (bicyclic) bond motifs is 6. The molecule has 0 aromatic carbocycles. The zero-order valence-corrected chi connectivity index (χ0v) is 16.8. The third kappa shape index (κ3) is 2.54. The van der Waals surface area contributed by atoms with Crippen LogP contribution in [0.1, 0.15) is 71.6 Å². The average molecular weight is 386 g/mol. The minimum atomic E-state index is -0.250. The van der Waals surface area contributed by atoms with E-state index in [-0.39, 0.29) is 28.9 Å². The maximum absolute atomic E-state index is 11.9. The number of carboxylic acid groups (broad SMARTS) is 1. The van der Waals surface area contributed by atoms with Gasteiger partial charge in [-0.3, -0.25) is 14.4 Å². The summed E-state index contributed by atoms with van der Waals surface area (Å²) in [6.45, 7) is 4.50. The van der Waals surface area contributed by atoms with Crippen LogP contribution in [0.25, 0.3) is 0 Å². The Balaban J connectivity index is 0.000000604. The van der Waals surface area contributed by atoms with Gasteiger partial charge in [0.25, 0.3) is 6.47 Å². The van der Waals surface area contributed by atoms with E-state index < -0.39 is 0 Å². The van der Waals surface area contributed by atoms with Crippen LogP contribution in [0.3, 0.4) is 0 Å². The summed E-state index contributed by atoms with van der Waals surface area (Å²) in [6.07, 6.45) is 13.1. The summed E-state index contributed by atoms with van der Waals surface area (Å²) >= 11 is 0. The van der Waals surface area contributed by atoms with Crippen molar-refractivity contribution in [3.63, 3.8) is 0 Å². The van der Waals surface area contributed by atoms with Crippen LogP contribution >= 0.6 is 0 Å². The van der Waals surface area contributed by atoms with E-state index in [1.54, 1.807) is 5.57 Å². The fourth-order valence-corrected chi connectivity index (χ4v) is 7.14. The van der Waals surface area contributed by atoms with Crippen LogP contribution in [0.5, 0.6) is 0 Å². The molecule has 5 nitrogen and oxygen atoms in total. The average Bonchev–Trinajstić information content (AvgIpc) is 3.17. The molecule has 4 aliphatic carbocycles. The SMILES string of the molecule is CC12CCC(=O)C=C1CCC1C2=CCC2(C)C1CC[C@@]21CCC(=O)O1.O=CO. The minimum absolute atomic E-state index is 0.00303. The van der Waals surface area contributed by atoms with Crippen LogP contribution in [0.4, 0.5) is 0 Å². The maximum Gasteiger partial charge on any atom is 0.306 e. The van der Waals surface area contributed by atoms with Crippen molar-refractivity contribution in [3.8, 4) is 0 Å². The van der Waals surface area contributed by atoms with Gasteiger partial charge in [0.1, 0.15) is 5.60 Å². The van der Waals surface area contributed by atoms with Gasteiger partial charge in [0, 0.05) is 23.7 Å². The molecule has 1 saturated heterocycles. The Hall–Kier alpha value is -1.91. The molecular weight excluding hydrogens is 356 g/mol. The van der Waals surface area contributed by atoms with Crippen molar-refractivity contribution in [1.29, 1.82) is 0 Å². The molecular formula is C23H30O5. The quantitative estimate of drug-likeness (QED) is 0.383. The largest absolute Gasteiger partial charge is 0.483 e. The molecule has 1 aliphatic heterocycles. The lowest BCUT2D eigenvalue weighted by atomic mass is 9.50. The first-order valence-corrected chi connectivity index (χ1v) is 10.5. The summed E-state index contributed by atoms with van der Waals surface area (Å²) in [4.78, 5) is 32.2. The molecule has 0 bridgehead atoms. The normalized spacial score (nSPS) is 43.6. The molecule has 152 valence electrons. The van der Waals surface area contributed by atoms with Gasteiger partial charge in [0.05, 0.1) is 0 Å². The third-order valence-corrected chi connectivity index (χ3v) is 8.67. The summed E-state index contributed by atoms with van der Waals surface area (Å²) in [5.41, 5.74) is 2.95. The van der Waals surface area contributed by atoms with Gasteiger partial charge in [-0.15, -0.1) is 0 Å². The Morgan fingerprint density at radius 1 is 1.11 bits per heavy atom. The van der Waals surface area contributed by atoms with Gasteiger partial charge in [0.15, 0.2) is 5.78 Å². The fourth-order valence-electron chi connectivity index (χ4n) is 7.14. The Morgan fingerprint density at radius 2 is 1.86 bits per heavy atom. The number of ether oxygens (including phenoxy) is 1. The summed E-state index contributed by atoms with van der Waals surface area (Å²) < 4.78 is 5.98.